The molecule has 208 valence electrons. The number of hydrogen-bond acceptors (Lipinski definition) is 9. The second-order valence-corrected chi connectivity index (χ2v) is 10.4. The van der Waals surface area contributed by atoms with Crippen LogP contribution in [0.25, 0.3) is 22.2 Å². The van der Waals surface area contributed by atoms with E-state index in [-0.39, 0.29) is 23.9 Å². The lowest BCUT2D eigenvalue weighted by molar-refractivity contribution is 0.0206. The number of alkyl halides is 1. The quantitative estimate of drug-likeness (QED) is 0.293. The van der Waals surface area contributed by atoms with Crippen molar-refractivity contribution < 1.29 is 23.8 Å². The van der Waals surface area contributed by atoms with Gasteiger partial charge in [0.05, 0.1) is 12.3 Å². The van der Waals surface area contributed by atoms with Crippen molar-refractivity contribution in [2.45, 2.75) is 45.3 Å². The van der Waals surface area contributed by atoms with Gasteiger partial charge in [-0.25, -0.2) is 19.7 Å². The summed E-state index contributed by atoms with van der Waals surface area (Å²) in [5.41, 5.74) is 6.78. The van der Waals surface area contributed by atoms with E-state index in [1.54, 1.807) is 17.2 Å². The van der Waals surface area contributed by atoms with E-state index < -0.39 is 11.5 Å². The first kappa shape index (κ1) is 28.3. The molecule has 0 aliphatic carbocycles. The third kappa shape index (κ3) is 7.67. The molecule has 0 bridgehead atoms. The van der Waals surface area contributed by atoms with Gasteiger partial charge in [0.1, 0.15) is 29.5 Å². The highest BCUT2D eigenvalue weighted by Crippen LogP contribution is 2.27. The maximum absolute atomic E-state index is 12.5. The SMILES string of the molecule is CC(C)(C)OC(=O)N1CCC[C@H](Nc2ncc3cc(-c4cccc(OCCOCCl)c4)nc(C(N)=O)c3n2)C1. The maximum atomic E-state index is 12.5. The lowest BCUT2D eigenvalue weighted by atomic mass is 10.1. The Morgan fingerprint density at radius 3 is 2.77 bits per heavy atom. The average Bonchev–Trinajstić information content (AvgIpc) is 2.90. The fraction of sp³-hybridized carbons (Fsp3) is 0.444. The summed E-state index contributed by atoms with van der Waals surface area (Å²) in [6.45, 7) is 7.30. The highest BCUT2D eigenvalue weighted by Gasteiger charge is 2.28. The number of piperidine rings is 1. The number of primary amides is 1. The number of anilines is 1. The molecular weight excluding hydrogens is 524 g/mol. The highest BCUT2D eigenvalue weighted by molar-refractivity contribution is 6.17. The van der Waals surface area contributed by atoms with Crippen LogP contribution in [0.3, 0.4) is 0 Å². The monoisotopic (exact) mass is 556 g/mol. The summed E-state index contributed by atoms with van der Waals surface area (Å²) in [4.78, 5) is 40.1. The number of nitrogens with one attached hydrogen (secondary N) is 1. The molecule has 1 aromatic carbocycles. The van der Waals surface area contributed by atoms with Gasteiger partial charge in [-0.1, -0.05) is 23.7 Å². The van der Waals surface area contributed by atoms with Crippen LogP contribution in [0, 0.1) is 0 Å². The van der Waals surface area contributed by atoms with Crippen LogP contribution in [0.5, 0.6) is 5.75 Å². The van der Waals surface area contributed by atoms with Crippen LogP contribution in [-0.2, 0) is 9.47 Å². The van der Waals surface area contributed by atoms with Crippen LogP contribution in [0.2, 0.25) is 0 Å². The van der Waals surface area contributed by atoms with Crippen LogP contribution >= 0.6 is 11.6 Å². The molecule has 2 amide bonds. The van der Waals surface area contributed by atoms with Crippen molar-refractivity contribution in [1.82, 2.24) is 19.9 Å². The normalized spacial score (nSPS) is 15.7. The van der Waals surface area contributed by atoms with Crippen molar-refractivity contribution in [3.63, 3.8) is 0 Å². The first-order valence-corrected chi connectivity index (χ1v) is 13.3. The number of amides is 2. The number of halogens is 1. The molecule has 2 aromatic heterocycles. The number of rotatable bonds is 9. The van der Waals surface area contributed by atoms with Crippen molar-refractivity contribution in [2.75, 3.05) is 37.7 Å². The number of nitrogens with zero attached hydrogens (tertiary/aromatic N) is 4. The van der Waals surface area contributed by atoms with E-state index in [9.17, 15) is 9.59 Å². The Morgan fingerprint density at radius 1 is 1.21 bits per heavy atom. The zero-order valence-corrected chi connectivity index (χ0v) is 23.0. The third-order valence-electron chi connectivity index (χ3n) is 5.91. The third-order valence-corrected chi connectivity index (χ3v) is 6.06. The second-order valence-electron chi connectivity index (χ2n) is 10.2. The van der Waals surface area contributed by atoms with Crippen molar-refractivity contribution in [3.8, 4) is 17.0 Å². The minimum Gasteiger partial charge on any atom is -0.491 e. The van der Waals surface area contributed by atoms with Crippen molar-refractivity contribution >= 4 is 40.5 Å². The summed E-state index contributed by atoms with van der Waals surface area (Å²) in [5, 5.41) is 3.89. The van der Waals surface area contributed by atoms with Gasteiger partial charge in [0, 0.05) is 36.3 Å². The summed E-state index contributed by atoms with van der Waals surface area (Å²) in [7, 11) is 0. The summed E-state index contributed by atoms with van der Waals surface area (Å²) in [5.74, 6) is 0.243. The summed E-state index contributed by atoms with van der Waals surface area (Å²) >= 11 is 5.51. The fourth-order valence-electron chi connectivity index (χ4n) is 4.22. The molecule has 1 saturated heterocycles. The Balaban J connectivity index is 1.54. The molecule has 39 heavy (non-hydrogen) atoms. The molecule has 1 atom stereocenters. The van der Waals surface area contributed by atoms with E-state index in [1.165, 1.54) is 0 Å². The van der Waals surface area contributed by atoms with E-state index in [4.69, 9.17) is 31.5 Å². The van der Waals surface area contributed by atoms with E-state index in [1.807, 2.05) is 45.0 Å². The predicted octanol–water partition coefficient (Wildman–Crippen LogP) is 4.19. The number of pyridine rings is 1. The van der Waals surface area contributed by atoms with E-state index in [2.05, 4.69) is 20.3 Å². The maximum Gasteiger partial charge on any atom is 0.410 e. The zero-order valence-electron chi connectivity index (χ0n) is 22.3. The molecule has 3 heterocycles. The lowest BCUT2D eigenvalue weighted by Gasteiger charge is -2.34. The smallest absolute Gasteiger partial charge is 0.410 e. The number of hydrogen-bond donors (Lipinski definition) is 2. The Hall–Kier alpha value is -3.70. The van der Waals surface area contributed by atoms with Gasteiger partial charge in [-0.05, 0) is 51.8 Å². The molecule has 0 radical (unpaired) electrons. The summed E-state index contributed by atoms with van der Waals surface area (Å²) < 4.78 is 16.3. The minimum atomic E-state index is -0.703. The molecule has 0 spiro atoms. The molecule has 1 aliphatic rings. The van der Waals surface area contributed by atoms with Crippen LogP contribution in [0.15, 0.2) is 36.5 Å². The molecule has 0 unspecified atom stereocenters. The molecule has 12 heteroatoms. The van der Waals surface area contributed by atoms with Crippen LogP contribution in [-0.4, -0.2) is 75.9 Å². The number of aromatic nitrogens is 3. The highest BCUT2D eigenvalue weighted by atomic mass is 35.5. The van der Waals surface area contributed by atoms with Gasteiger partial charge in [-0.3, -0.25) is 4.79 Å². The van der Waals surface area contributed by atoms with Gasteiger partial charge in [0.25, 0.3) is 5.91 Å². The largest absolute Gasteiger partial charge is 0.491 e. The number of carbonyl (C=O) groups is 2. The lowest BCUT2D eigenvalue weighted by Crippen LogP contribution is -2.47. The van der Waals surface area contributed by atoms with E-state index in [0.717, 1.165) is 18.4 Å². The Labute approximate surface area is 232 Å². The van der Waals surface area contributed by atoms with Crippen LogP contribution < -0.4 is 15.8 Å². The molecular formula is C27H33ClN6O5. The molecule has 3 N–H and O–H groups in total. The Kier molecular flexibility index (Phi) is 9.03. The van der Waals surface area contributed by atoms with E-state index >= 15 is 0 Å². The Bertz CT molecular complexity index is 1330. The average molecular weight is 557 g/mol. The first-order chi connectivity index (χ1) is 18.6. The molecule has 0 saturated carbocycles. The van der Waals surface area contributed by atoms with Crippen molar-refractivity contribution in [1.29, 1.82) is 0 Å². The molecule has 4 rings (SSSR count). The number of fused-ring (bicyclic) bond motifs is 1. The van der Waals surface area contributed by atoms with Crippen molar-refractivity contribution in [2.24, 2.45) is 5.73 Å². The second kappa shape index (κ2) is 12.4. The fourth-order valence-corrected chi connectivity index (χ4v) is 4.33. The van der Waals surface area contributed by atoms with Crippen LogP contribution in [0.4, 0.5) is 10.7 Å². The molecule has 3 aromatic rings. The summed E-state index contributed by atoms with van der Waals surface area (Å²) in [6.07, 6.45) is 2.92. The van der Waals surface area contributed by atoms with Crippen molar-refractivity contribution in [3.05, 3.63) is 42.2 Å². The van der Waals surface area contributed by atoms with Gasteiger partial charge < -0.3 is 30.2 Å². The minimum absolute atomic E-state index is 0.0359. The molecule has 1 fully saturated rings. The van der Waals surface area contributed by atoms with Gasteiger partial charge >= 0.3 is 6.09 Å². The first-order valence-electron chi connectivity index (χ1n) is 12.7. The number of nitrogens with two attached hydrogens (primary N) is 1. The van der Waals surface area contributed by atoms with Gasteiger partial charge in [0.15, 0.2) is 5.69 Å². The van der Waals surface area contributed by atoms with E-state index in [0.29, 0.717) is 54.6 Å². The number of likely N-dealkylation sites (tertiary alicyclic amines) is 1. The predicted molar refractivity (Wildman–Crippen MR) is 148 cm³/mol. The Morgan fingerprint density at radius 2 is 2.03 bits per heavy atom. The molecule has 11 nitrogen and oxygen atoms in total. The number of benzene rings is 1. The number of ether oxygens (including phenoxy) is 3. The van der Waals surface area contributed by atoms with Crippen LogP contribution in [0.1, 0.15) is 44.1 Å². The summed E-state index contributed by atoms with van der Waals surface area (Å²) in [6, 6.07) is 9.14. The number of carbonyl (C=O) groups excluding carboxylic acids is 2. The topological polar surface area (TPSA) is 142 Å². The zero-order chi connectivity index (χ0) is 28.0. The molecule has 1 aliphatic heterocycles. The van der Waals surface area contributed by atoms with Gasteiger partial charge in [-0.2, -0.15) is 0 Å². The standard InChI is InChI=1S/C27H33ClN6O5/c1-27(2,3)39-26(36)34-9-5-7-19(15-34)31-25-30-14-18-13-21(32-23(24(29)35)22(18)33-25)17-6-4-8-20(12-17)38-11-10-37-16-28/h4,6,8,12-14,19H,5,7,9-11,15-16H2,1-3H3,(H2,29,35)(H,30,31,33)/t19-/m0/s1. The van der Waals surface area contributed by atoms with Gasteiger partial charge in [0.2, 0.25) is 5.95 Å². The van der Waals surface area contributed by atoms with Gasteiger partial charge in [-0.15, -0.1) is 0 Å².